The van der Waals surface area contributed by atoms with Crippen molar-refractivity contribution < 1.29 is 8.42 Å². The van der Waals surface area contributed by atoms with Gasteiger partial charge < -0.3 is 5.32 Å². The van der Waals surface area contributed by atoms with Gasteiger partial charge in [-0.3, -0.25) is 5.32 Å². The van der Waals surface area contributed by atoms with E-state index in [1.165, 1.54) is 0 Å². The summed E-state index contributed by atoms with van der Waals surface area (Å²) in [5.74, 6) is 0. The van der Waals surface area contributed by atoms with Crippen molar-refractivity contribution in [2.24, 2.45) is 0 Å². The molecule has 0 saturated carbocycles. The Balaban J connectivity index is 0. The van der Waals surface area contributed by atoms with E-state index in [-0.39, 0.29) is 12.4 Å². The largest absolute Gasteiger partial charge is 0.309 e. The summed E-state index contributed by atoms with van der Waals surface area (Å²) in [4.78, 5) is 0.362. The van der Waals surface area contributed by atoms with E-state index in [4.69, 9.17) is 0 Å². The van der Waals surface area contributed by atoms with Gasteiger partial charge in [-0.15, -0.1) is 12.4 Å². The Morgan fingerprint density at radius 2 is 1.83 bits per heavy atom. The molecule has 74 valence electrons. The maximum absolute atomic E-state index is 10.2. The van der Waals surface area contributed by atoms with Crippen molar-refractivity contribution in [1.29, 1.82) is 0 Å². The van der Waals surface area contributed by atoms with Crippen LogP contribution in [0, 0.1) is 0 Å². The van der Waals surface area contributed by atoms with E-state index in [9.17, 15) is 8.42 Å². The lowest BCUT2D eigenvalue weighted by molar-refractivity contribution is 0.622. The molecular weight excluding hydrogens is 200 g/mol. The molecule has 0 aromatic rings. The number of piperazine rings is 1. The van der Waals surface area contributed by atoms with Gasteiger partial charge in [0.2, 0.25) is 10.3 Å². The molecule has 0 atom stereocenters. The van der Waals surface area contributed by atoms with Crippen LogP contribution in [0.2, 0.25) is 0 Å². The Kier molecular flexibility index (Phi) is 10.8. The molecule has 4 nitrogen and oxygen atoms in total. The topological polar surface area (TPSA) is 58.2 Å². The zero-order valence-corrected chi connectivity index (χ0v) is 8.89. The van der Waals surface area contributed by atoms with E-state index < -0.39 is 10.3 Å². The average Bonchev–Trinajstić information content (AvgIpc) is 2.10. The number of halogens is 1. The second-order valence-corrected chi connectivity index (χ2v) is 2.72. The number of hydrogen-bond acceptors (Lipinski definition) is 3. The van der Waals surface area contributed by atoms with Crippen molar-refractivity contribution in [3.05, 3.63) is 0 Å². The molecule has 0 spiro atoms. The summed E-state index contributed by atoms with van der Waals surface area (Å²) in [5, 5.41) is 5.68. The molecule has 0 aromatic carbocycles. The van der Waals surface area contributed by atoms with Gasteiger partial charge in [-0.25, -0.2) is 0 Å². The zero-order chi connectivity index (χ0) is 8.69. The summed E-state index contributed by atoms with van der Waals surface area (Å²) < 4.78 is 20.4. The van der Waals surface area contributed by atoms with Crippen LogP contribution < -0.4 is 10.6 Å². The fourth-order valence-electron chi connectivity index (χ4n) is 0.673. The molecule has 0 radical (unpaired) electrons. The van der Waals surface area contributed by atoms with Crippen molar-refractivity contribution in [3.63, 3.8) is 0 Å². The minimum absolute atomic E-state index is 0. The first-order valence-corrected chi connectivity index (χ1v) is 4.78. The standard InChI is InChI=1S/C4H8N2O2S.C2H6.ClH/c7-9(8)4-3-5-1-2-6-4;1-2;/h5-6H,1-3H2;1-2H3;1H. The molecular formula is C6H15ClN2O2S. The quantitative estimate of drug-likeness (QED) is 0.541. The van der Waals surface area contributed by atoms with Crippen LogP contribution in [0.4, 0.5) is 0 Å². The third-order valence-electron chi connectivity index (χ3n) is 1.11. The highest BCUT2D eigenvalue weighted by molar-refractivity contribution is 7.72. The molecule has 1 aliphatic heterocycles. The normalized spacial score (nSPS) is 15.3. The van der Waals surface area contributed by atoms with Gasteiger partial charge >= 0.3 is 0 Å². The Hall–Kier alpha value is -0.100. The van der Waals surface area contributed by atoms with Crippen molar-refractivity contribution in [3.8, 4) is 0 Å². The molecule has 1 saturated heterocycles. The van der Waals surface area contributed by atoms with E-state index in [1.54, 1.807) is 0 Å². The average molecular weight is 215 g/mol. The Morgan fingerprint density at radius 1 is 1.25 bits per heavy atom. The molecule has 0 amide bonds. The third kappa shape index (κ3) is 5.54. The zero-order valence-electron chi connectivity index (χ0n) is 7.25. The molecule has 1 aliphatic rings. The first kappa shape index (κ1) is 14.4. The maximum atomic E-state index is 10.2. The van der Waals surface area contributed by atoms with Gasteiger partial charge in [0.05, 0.1) is 0 Å². The van der Waals surface area contributed by atoms with E-state index in [0.29, 0.717) is 18.1 Å². The predicted octanol–water partition coefficient (Wildman–Crippen LogP) is -0.364. The first-order valence-electron chi connectivity index (χ1n) is 3.70. The van der Waals surface area contributed by atoms with Crippen LogP contribution in [-0.2, 0) is 10.3 Å². The van der Waals surface area contributed by atoms with Crippen LogP contribution in [0.5, 0.6) is 0 Å². The third-order valence-corrected chi connectivity index (χ3v) is 1.80. The van der Waals surface area contributed by atoms with Gasteiger partial charge in [0.15, 0.2) is 0 Å². The Labute approximate surface area is 80.7 Å². The maximum Gasteiger partial charge on any atom is 0.229 e. The fraction of sp³-hybridized carbons (Fsp3) is 0.833. The molecule has 0 bridgehead atoms. The monoisotopic (exact) mass is 214 g/mol. The van der Waals surface area contributed by atoms with E-state index in [1.807, 2.05) is 13.8 Å². The number of rotatable bonds is 0. The lowest BCUT2D eigenvalue weighted by atomic mass is 10.4. The van der Waals surface area contributed by atoms with Crippen LogP contribution in [0.3, 0.4) is 0 Å². The van der Waals surface area contributed by atoms with Crippen molar-refractivity contribution in [2.45, 2.75) is 13.8 Å². The van der Waals surface area contributed by atoms with Crippen LogP contribution in [-0.4, -0.2) is 33.0 Å². The van der Waals surface area contributed by atoms with Crippen LogP contribution in [0.15, 0.2) is 0 Å². The second kappa shape index (κ2) is 8.99. The Bertz CT molecular complexity index is 210. The van der Waals surface area contributed by atoms with Gasteiger partial charge in [-0.2, -0.15) is 8.42 Å². The SMILES string of the molecule is CC.Cl.O=S(=O)=C1CNCCN1. The van der Waals surface area contributed by atoms with Crippen molar-refractivity contribution in [2.75, 3.05) is 19.6 Å². The smallest absolute Gasteiger partial charge is 0.229 e. The lowest BCUT2D eigenvalue weighted by Crippen LogP contribution is -2.45. The van der Waals surface area contributed by atoms with E-state index in [0.717, 1.165) is 6.54 Å². The molecule has 0 aliphatic carbocycles. The number of hydrogen-bond donors (Lipinski definition) is 2. The predicted molar refractivity (Wildman–Crippen MR) is 53.4 cm³/mol. The summed E-state index contributed by atoms with van der Waals surface area (Å²) in [6.45, 7) is 5.97. The van der Waals surface area contributed by atoms with Crippen LogP contribution >= 0.6 is 12.4 Å². The second-order valence-electron chi connectivity index (χ2n) is 1.76. The summed E-state index contributed by atoms with van der Waals surface area (Å²) in [5.41, 5.74) is 0. The lowest BCUT2D eigenvalue weighted by Gasteiger charge is -2.12. The summed E-state index contributed by atoms with van der Waals surface area (Å²) in [6, 6.07) is 0. The highest BCUT2D eigenvalue weighted by atomic mass is 35.5. The Morgan fingerprint density at radius 3 is 2.08 bits per heavy atom. The van der Waals surface area contributed by atoms with Gasteiger partial charge in [0, 0.05) is 19.6 Å². The molecule has 12 heavy (non-hydrogen) atoms. The minimum Gasteiger partial charge on any atom is -0.309 e. The molecule has 1 heterocycles. The van der Waals surface area contributed by atoms with E-state index >= 15 is 0 Å². The molecule has 1 rings (SSSR count). The van der Waals surface area contributed by atoms with Crippen molar-refractivity contribution in [1.82, 2.24) is 10.6 Å². The summed E-state index contributed by atoms with van der Waals surface area (Å²) >= 11 is 0. The van der Waals surface area contributed by atoms with Crippen LogP contribution in [0.1, 0.15) is 13.8 Å². The highest BCUT2D eigenvalue weighted by Gasteiger charge is 2.04. The van der Waals surface area contributed by atoms with Gasteiger partial charge in [0.1, 0.15) is 4.99 Å². The van der Waals surface area contributed by atoms with Crippen molar-refractivity contribution >= 4 is 27.7 Å². The summed E-state index contributed by atoms with van der Waals surface area (Å²) in [6.07, 6.45) is 0. The van der Waals surface area contributed by atoms with E-state index in [2.05, 4.69) is 10.6 Å². The number of nitrogens with one attached hydrogen (secondary N) is 2. The highest BCUT2D eigenvalue weighted by Crippen LogP contribution is 1.72. The molecule has 0 aromatic heterocycles. The van der Waals surface area contributed by atoms with Crippen LogP contribution in [0.25, 0.3) is 0 Å². The molecule has 6 heteroatoms. The molecule has 0 unspecified atom stereocenters. The van der Waals surface area contributed by atoms with Gasteiger partial charge in [-0.05, 0) is 0 Å². The molecule has 1 fully saturated rings. The molecule has 2 N–H and O–H groups in total. The van der Waals surface area contributed by atoms with Gasteiger partial charge in [-0.1, -0.05) is 13.8 Å². The minimum atomic E-state index is -2.06. The fourth-order valence-corrected chi connectivity index (χ4v) is 1.11. The summed E-state index contributed by atoms with van der Waals surface area (Å²) in [7, 11) is -2.06. The van der Waals surface area contributed by atoms with Gasteiger partial charge in [0.25, 0.3) is 0 Å². The first-order chi connectivity index (χ1) is 5.30.